The van der Waals surface area contributed by atoms with Crippen molar-refractivity contribution in [3.05, 3.63) is 65.2 Å². The van der Waals surface area contributed by atoms with E-state index in [2.05, 4.69) is 0 Å². The van der Waals surface area contributed by atoms with Crippen molar-refractivity contribution < 1.29 is 14.3 Å². The number of methoxy groups -OCH3 is 2. The molecular formula is C20H23NO3. The van der Waals surface area contributed by atoms with Crippen LogP contribution in [0.2, 0.25) is 0 Å². The average Bonchev–Trinajstić information content (AvgIpc) is 2.60. The SMILES string of the molecule is COc1ccc(CN(C)C(=O)/C=C/c2cccc(C)c2)c(OC)c1. The van der Waals surface area contributed by atoms with Gasteiger partial charge in [0.15, 0.2) is 0 Å². The molecule has 0 saturated carbocycles. The lowest BCUT2D eigenvalue weighted by molar-refractivity contribution is -0.125. The average molecular weight is 325 g/mol. The van der Waals surface area contributed by atoms with Crippen LogP contribution in [0.25, 0.3) is 6.08 Å². The fourth-order valence-corrected chi connectivity index (χ4v) is 2.38. The standard InChI is InChI=1S/C20H23NO3/c1-15-6-5-7-16(12-15)8-11-20(22)21(2)14-17-9-10-18(23-3)13-19(17)24-4/h5-13H,14H2,1-4H3/b11-8+. The normalized spacial score (nSPS) is 10.7. The third-order valence-corrected chi connectivity index (χ3v) is 3.74. The quantitative estimate of drug-likeness (QED) is 0.761. The molecule has 2 aromatic rings. The Morgan fingerprint density at radius 3 is 2.58 bits per heavy atom. The zero-order valence-corrected chi connectivity index (χ0v) is 14.6. The van der Waals surface area contributed by atoms with Gasteiger partial charge in [-0.2, -0.15) is 0 Å². The zero-order valence-electron chi connectivity index (χ0n) is 14.6. The molecule has 4 heteroatoms. The molecule has 0 aromatic heterocycles. The van der Waals surface area contributed by atoms with E-state index in [1.165, 1.54) is 5.56 Å². The Morgan fingerprint density at radius 1 is 1.12 bits per heavy atom. The molecule has 0 spiro atoms. The van der Waals surface area contributed by atoms with Crippen LogP contribution in [0.4, 0.5) is 0 Å². The number of benzene rings is 2. The molecule has 0 atom stereocenters. The summed E-state index contributed by atoms with van der Waals surface area (Å²) in [5, 5.41) is 0. The van der Waals surface area contributed by atoms with E-state index < -0.39 is 0 Å². The Morgan fingerprint density at radius 2 is 1.92 bits per heavy atom. The van der Waals surface area contributed by atoms with Gasteiger partial charge in [-0.15, -0.1) is 0 Å². The third kappa shape index (κ3) is 4.62. The maximum Gasteiger partial charge on any atom is 0.246 e. The van der Waals surface area contributed by atoms with Crippen LogP contribution in [-0.4, -0.2) is 32.1 Å². The second-order valence-corrected chi connectivity index (χ2v) is 5.62. The molecular weight excluding hydrogens is 302 g/mol. The van der Waals surface area contributed by atoms with Gasteiger partial charge in [0.05, 0.1) is 14.2 Å². The van der Waals surface area contributed by atoms with Crippen molar-refractivity contribution in [1.82, 2.24) is 4.90 Å². The highest BCUT2D eigenvalue weighted by Crippen LogP contribution is 2.25. The fourth-order valence-electron chi connectivity index (χ4n) is 2.38. The lowest BCUT2D eigenvalue weighted by Gasteiger charge is -2.17. The number of rotatable bonds is 6. The molecule has 0 aliphatic rings. The Kier molecular flexibility index (Phi) is 6.01. The smallest absolute Gasteiger partial charge is 0.246 e. The minimum absolute atomic E-state index is 0.0608. The monoisotopic (exact) mass is 325 g/mol. The molecule has 0 aliphatic carbocycles. The van der Waals surface area contributed by atoms with E-state index in [-0.39, 0.29) is 5.91 Å². The van der Waals surface area contributed by atoms with Crippen molar-refractivity contribution in [2.45, 2.75) is 13.5 Å². The number of amides is 1. The Hall–Kier alpha value is -2.75. The van der Waals surface area contributed by atoms with Gasteiger partial charge < -0.3 is 14.4 Å². The number of aryl methyl sites for hydroxylation is 1. The van der Waals surface area contributed by atoms with Gasteiger partial charge in [0.25, 0.3) is 0 Å². The molecule has 0 bridgehead atoms. The molecule has 2 rings (SSSR count). The summed E-state index contributed by atoms with van der Waals surface area (Å²) >= 11 is 0. The van der Waals surface area contributed by atoms with Crippen molar-refractivity contribution in [3.63, 3.8) is 0 Å². The zero-order chi connectivity index (χ0) is 17.5. The number of hydrogen-bond acceptors (Lipinski definition) is 3. The molecule has 0 fully saturated rings. The molecule has 0 unspecified atom stereocenters. The summed E-state index contributed by atoms with van der Waals surface area (Å²) in [5.41, 5.74) is 3.11. The van der Waals surface area contributed by atoms with Crippen LogP contribution in [0.15, 0.2) is 48.5 Å². The van der Waals surface area contributed by atoms with Gasteiger partial charge in [0.1, 0.15) is 11.5 Å². The number of ether oxygens (including phenoxy) is 2. The van der Waals surface area contributed by atoms with E-state index in [9.17, 15) is 4.79 Å². The number of carbonyl (C=O) groups excluding carboxylic acids is 1. The molecule has 0 radical (unpaired) electrons. The van der Waals surface area contributed by atoms with E-state index in [1.807, 2.05) is 55.5 Å². The Labute approximate surface area is 143 Å². The number of hydrogen-bond donors (Lipinski definition) is 0. The van der Waals surface area contributed by atoms with E-state index >= 15 is 0 Å². The van der Waals surface area contributed by atoms with Gasteiger partial charge in [-0.05, 0) is 30.7 Å². The van der Waals surface area contributed by atoms with Gasteiger partial charge in [0.2, 0.25) is 5.91 Å². The predicted molar refractivity (Wildman–Crippen MR) is 96.2 cm³/mol. The third-order valence-electron chi connectivity index (χ3n) is 3.74. The highest BCUT2D eigenvalue weighted by atomic mass is 16.5. The summed E-state index contributed by atoms with van der Waals surface area (Å²) in [6, 6.07) is 13.6. The largest absolute Gasteiger partial charge is 0.497 e. The molecule has 126 valence electrons. The first-order valence-corrected chi connectivity index (χ1v) is 7.74. The van der Waals surface area contributed by atoms with Crippen molar-refractivity contribution >= 4 is 12.0 Å². The first-order chi connectivity index (χ1) is 11.5. The van der Waals surface area contributed by atoms with E-state index in [0.29, 0.717) is 12.3 Å². The summed E-state index contributed by atoms with van der Waals surface area (Å²) in [6.07, 6.45) is 3.42. The van der Waals surface area contributed by atoms with E-state index in [1.54, 1.807) is 32.2 Å². The molecule has 24 heavy (non-hydrogen) atoms. The maximum absolute atomic E-state index is 12.3. The minimum atomic E-state index is -0.0608. The fraction of sp³-hybridized carbons (Fsp3) is 0.250. The molecule has 4 nitrogen and oxygen atoms in total. The Balaban J connectivity index is 2.06. The van der Waals surface area contributed by atoms with Gasteiger partial charge in [-0.3, -0.25) is 4.79 Å². The van der Waals surface area contributed by atoms with Crippen molar-refractivity contribution in [3.8, 4) is 11.5 Å². The predicted octanol–water partition coefficient (Wildman–Crippen LogP) is 3.68. The minimum Gasteiger partial charge on any atom is -0.497 e. The molecule has 0 aliphatic heterocycles. The topological polar surface area (TPSA) is 38.8 Å². The van der Waals surface area contributed by atoms with Crippen LogP contribution in [-0.2, 0) is 11.3 Å². The van der Waals surface area contributed by atoms with Crippen LogP contribution in [0.3, 0.4) is 0 Å². The summed E-state index contributed by atoms with van der Waals surface area (Å²) in [6.45, 7) is 2.49. The van der Waals surface area contributed by atoms with Crippen molar-refractivity contribution in [1.29, 1.82) is 0 Å². The second-order valence-electron chi connectivity index (χ2n) is 5.62. The van der Waals surface area contributed by atoms with E-state index in [4.69, 9.17) is 9.47 Å². The summed E-state index contributed by atoms with van der Waals surface area (Å²) in [5.74, 6) is 1.37. The molecule has 2 aromatic carbocycles. The highest BCUT2D eigenvalue weighted by molar-refractivity contribution is 5.91. The first kappa shape index (κ1) is 17.6. The van der Waals surface area contributed by atoms with E-state index in [0.717, 1.165) is 16.9 Å². The van der Waals surface area contributed by atoms with Crippen LogP contribution >= 0.6 is 0 Å². The number of carbonyl (C=O) groups is 1. The highest BCUT2D eigenvalue weighted by Gasteiger charge is 2.11. The maximum atomic E-state index is 12.3. The number of nitrogens with zero attached hydrogens (tertiary/aromatic N) is 1. The van der Waals surface area contributed by atoms with Gasteiger partial charge in [-0.1, -0.05) is 29.8 Å². The number of likely N-dealkylation sites (N-methyl/N-ethyl adjacent to an activating group) is 1. The molecule has 1 amide bonds. The summed E-state index contributed by atoms with van der Waals surface area (Å²) < 4.78 is 10.6. The van der Waals surface area contributed by atoms with Gasteiger partial charge in [-0.25, -0.2) is 0 Å². The first-order valence-electron chi connectivity index (χ1n) is 7.74. The van der Waals surface area contributed by atoms with Gasteiger partial charge >= 0.3 is 0 Å². The van der Waals surface area contributed by atoms with Gasteiger partial charge in [0, 0.05) is 31.3 Å². The Bertz CT molecular complexity index is 737. The molecule has 0 saturated heterocycles. The lowest BCUT2D eigenvalue weighted by atomic mass is 10.1. The van der Waals surface area contributed by atoms with Crippen LogP contribution in [0.1, 0.15) is 16.7 Å². The summed E-state index contributed by atoms with van der Waals surface area (Å²) in [4.78, 5) is 14.0. The molecule has 0 heterocycles. The van der Waals surface area contributed by atoms with Crippen LogP contribution < -0.4 is 9.47 Å². The van der Waals surface area contributed by atoms with Crippen molar-refractivity contribution in [2.24, 2.45) is 0 Å². The lowest BCUT2D eigenvalue weighted by Crippen LogP contribution is -2.24. The van der Waals surface area contributed by atoms with Crippen LogP contribution in [0.5, 0.6) is 11.5 Å². The second kappa shape index (κ2) is 8.20. The van der Waals surface area contributed by atoms with Crippen molar-refractivity contribution in [2.75, 3.05) is 21.3 Å². The summed E-state index contributed by atoms with van der Waals surface area (Å²) in [7, 11) is 4.99. The van der Waals surface area contributed by atoms with Crippen LogP contribution in [0, 0.1) is 6.92 Å². The molecule has 0 N–H and O–H groups in total.